The summed E-state index contributed by atoms with van der Waals surface area (Å²) in [5, 5.41) is 0. The largest absolute Gasteiger partial charge is 0.496 e. The van der Waals surface area contributed by atoms with E-state index in [2.05, 4.69) is 4.98 Å². The van der Waals surface area contributed by atoms with Crippen LogP contribution in [-0.2, 0) is 0 Å². The van der Waals surface area contributed by atoms with E-state index in [-0.39, 0.29) is 0 Å². The molecule has 0 aliphatic rings. The lowest BCUT2D eigenvalue weighted by Gasteiger charge is -2.03. The Hall–Kier alpha value is -1.38. The Labute approximate surface area is 65.0 Å². The molecule has 58 valence electrons. The molecule has 0 spiro atoms. The Balaban J connectivity index is 3.20. The molecule has 0 bridgehead atoms. The summed E-state index contributed by atoms with van der Waals surface area (Å²) in [6.45, 7) is 1.80. The van der Waals surface area contributed by atoms with Crippen LogP contribution in [0.25, 0.3) is 0 Å². The molecule has 0 radical (unpaired) electrons. The highest BCUT2D eigenvalue weighted by Crippen LogP contribution is 2.16. The monoisotopic (exact) mass is 151 g/mol. The van der Waals surface area contributed by atoms with Gasteiger partial charge >= 0.3 is 0 Å². The third kappa shape index (κ3) is 1.37. The third-order valence-corrected chi connectivity index (χ3v) is 1.52. The van der Waals surface area contributed by atoms with Gasteiger partial charge < -0.3 is 4.74 Å². The predicted octanol–water partition coefficient (Wildman–Crippen LogP) is 1.21. The molecule has 0 atom stereocenters. The molecule has 1 aromatic heterocycles. The molecule has 1 rings (SSSR count). The number of aromatic nitrogens is 1. The molecule has 0 N–H and O–H groups in total. The number of pyridine rings is 1. The van der Waals surface area contributed by atoms with Crippen molar-refractivity contribution < 1.29 is 9.53 Å². The minimum Gasteiger partial charge on any atom is -0.496 e. The van der Waals surface area contributed by atoms with Crippen molar-refractivity contribution in [2.24, 2.45) is 0 Å². The number of nitrogens with zero attached hydrogens (tertiary/aromatic N) is 1. The quantitative estimate of drug-likeness (QED) is 0.596. The zero-order chi connectivity index (χ0) is 8.27. The topological polar surface area (TPSA) is 39.2 Å². The average molecular weight is 151 g/mol. The number of ether oxygens (including phenoxy) is 1. The summed E-state index contributed by atoms with van der Waals surface area (Å²) in [6.07, 6.45) is 2.27. The Morgan fingerprint density at radius 3 is 2.91 bits per heavy atom. The second-order valence-electron chi connectivity index (χ2n) is 2.14. The van der Waals surface area contributed by atoms with Crippen LogP contribution in [-0.4, -0.2) is 18.4 Å². The molecule has 0 aromatic carbocycles. The van der Waals surface area contributed by atoms with E-state index in [0.717, 1.165) is 11.8 Å². The summed E-state index contributed by atoms with van der Waals surface area (Å²) in [7, 11) is 1.57. The smallest absolute Gasteiger partial charge is 0.168 e. The zero-order valence-electron chi connectivity index (χ0n) is 6.50. The summed E-state index contributed by atoms with van der Waals surface area (Å²) >= 11 is 0. The van der Waals surface area contributed by atoms with Crippen LogP contribution >= 0.6 is 0 Å². The molecule has 0 amide bonds. The molecule has 0 saturated carbocycles. The summed E-state index contributed by atoms with van der Waals surface area (Å²) in [5.74, 6) is 0.696. The minimum absolute atomic E-state index is 0.435. The second kappa shape index (κ2) is 3.14. The zero-order valence-corrected chi connectivity index (χ0v) is 6.50. The Kier molecular flexibility index (Phi) is 2.21. The van der Waals surface area contributed by atoms with E-state index in [9.17, 15) is 4.79 Å². The molecule has 11 heavy (non-hydrogen) atoms. The van der Waals surface area contributed by atoms with E-state index in [1.165, 1.54) is 0 Å². The van der Waals surface area contributed by atoms with E-state index >= 15 is 0 Å². The minimum atomic E-state index is 0.435. The van der Waals surface area contributed by atoms with Crippen molar-refractivity contribution in [1.29, 1.82) is 0 Å². The maximum absolute atomic E-state index is 10.4. The standard InChI is InChI=1S/C8H9NO2/c1-6-7(5-10)9-4-3-8(6)11-2/h3-5H,1-2H3. The van der Waals surface area contributed by atoms with Crippen LogP contribution in [0.5, 0.6) is 5.75 Å². The Morgan fingerprint density at radius 2 is 2.36 bits per heavy atom. The van der Waals surface area contributed by atoms with Gasteiger partial charge in [-0.05, 0) is 13.0 Å². The fraction of sp³-hybridized carbons (Fsp3) is 0.250. The third-order valence-electron chi connectivity index (χ3n) is 1.52. The predicted molar refractivity (Wildman–Crippen MR) is 40.9 cm³/mol. The molecule has 0 unspecified atom stereocenters. The number of carbonyl (C=O) groups excluding carboxylic acids is 1. The summed E-state index contributed by atoms with van der Waals surface area (Å²) in [5.41, 5.74) is 1.22. The lowest BCUT2D eigenvalue weighted by atomic mass is 10.2. The first-order chi connectivity index (χ1) is 5.29. The highest BCUT2D eigenvalue weighted by molar-refractivity contribution is 5.75. The van der Waals surface area contributed by atoms with Crippen LogP contribution in [0, 0.1) is 6.92 Å². The number of carbonyl (C=O) groups is 1. The maximum Gasteiger partial charge on any atom is 0.168 e. The SMILES string of the molecule is COc1ccnc(C=O)c1C. The van der Waals surface area contributed by atoms with Gasteiger partial charge in [0.05, 0.1) is 7.11 Å². The summed E-state index contributed by atoms with van der Waals surface area (Å²) in [6, 6.07) is 1.72. The number of hydrogen-bond acceptors (Lipinski definition) is 3. The molecular formula is C8H9NO2. The first-order valence-electron chi connectivity index (χ1n) is 3.24. The number of aldehydes is 1. The van der Waals surface area contributed by atoms with E-state index in [1.54, 1.807) is 26.3 Å². The van der Waals surface area contributed by atoms with E-state index in [0.29, 0.717) is 11.4 Å². The molecule has 3 heteroatoms. The van der Waals surface area contributed by atoms with Crippen molar-refractivity contribution >= 4 is 6.29 Å². The summed E-state index contributed by atoms with van der Waals surface area (Å²) < 4.78 is 4.99. The molecule has 0 aliphatic heterocycles. The summed E-state index contributed by atoms with van der Waals surface area (Å²) in [4.78, 5) is 14.2. The Bertz CT molecular complexity index is 271. The first kappa shape index (κ1) is 7.72. The lowest BCUT2D eigenvalue weighted by molar-refractivity contribution is 0.111. The molecule has 1 heterocycles. The molecular weight excluding hydrogens is 142 g/mol. The van der Waals surface area contributed by atoms with Gasteiger partial charge in [0.15, 0.2) is 6.29 Å². The normalized spacial score (nSPS) is 9.27. The van der Waals surface area contributed by atoms with Crippen LogP contribution < -0.4 is 4.74 Å². The van der Waals surface area contributed by atoms with Crippen LogP contribution in [0.3, 0.4) is 0 Å². The van der Waals surface area contributed by atoms with Crippen LogP contribution in [0.4, 0.5) is 0 Å². The molecule has 0 fully saturated rings. The van der Waals surface area contributed by atoms with Crippen molar-refractivity contribution in [2.75, 3.05) is 7.11 Å². The van der Waals surface area contributed by atoms with Crippen molar-refractivity contribution in [1.82, 2.24) is 4.98 Å². The molecule has 0 saturated heterocycles. The van der Waals surface area contributed by atoms with Crippen molar-refractivity contribution in [2.45, 2.75) is 6.92 Å². The van der Waals surface area contributed by atoms with E-state index < -0.39 is 0 Å². The van der Waals surface area contributed by atoms with Gasteiger partial charge in [0.1, 0.15) is 11.4 Å². The molecule has 0 aliphatic carbocycles. The van der Waals surface area contributed by atoms with E-state index in [1.807, 2.05) is 0 Å². The fourth-order valence-electron chi connectivity index (χ4n) is 0.873. The average Bonchev–Trinajstić information content (AvgIpc) is 2.05. The van der Waals surface area contributed by atoms with Gasteiger partial charge in [0.2, 0.25) is 0 Å². The van der Waals surface area contributed by atoms with Crippen LogP contribution in [0.2, 0.25) is 0 Å². The van der Waals surface area contributed by atoms with Crippen molar-refractivity contribution in [3.63, 3.8) is 0 Å². The van der Waals surface area contributed by atoms with Crippen LogP contribution in [0.1, 0.15) is 16.1 Å². The van der Waals surface area contributed by atoms with Gasteiger partial charge in [-0.25, -0.2) is 0 Å². The van der Waals surface area contributed by atoms with Crippen molar-refractivity contribution in [3.05, 3.63) is 23.5 Å². The van der Waals surface area contributed by atoms with E-state index in [4.69, 9.17) is 4.74 Å². The number of hydrogen-bond donors (Lipinski definition) is 0. The number of methoxy groups -OCH3 is 1. The highest BCUT2D eigenvalue weighted by atomic mass is 16.5. The number of rotatable bonds is 2. The Morgan fingerprint density at radius 1 is 1.64 bits per heavy atom. The van der Waals surface area contributed by atoms with Gasteiger partial charge in [-0.3, -0.25) is 9.78 Å². The maximum atomic E-state index is 10.4. The van der Waals surface area contributed by atoms with Gasteiger partial charge in [-0.15, -0.1) is 0 Å². The fourth-order valence-corrected chi connectivity index (χ4v) is 0.873. The molecule has 1 aromatic rings. The van der Waals surface area contributed by atoms with Gasteiger partial charge in [-0.1, -0.05) is 0 Å². The second-order valence-corrected chi connectivity index (χ2v) is 2.14. The first-order valence-corrected chi connectivity index (χ1v) is 3.24. The van der Waals surface area contributed by atoms with Gasteiger partial charge in [0.25, 0.3) is 0 Å². The highest BCUT2D eigenvalue weighted by Gasteiger charge is 2.02. The van der Waals surface area contributed by atoms with Crippen molar-refractivity contribution in [3.8, 4) is 5.75 Å². The lowest BCUT2D eigenvalue weighted by Crippen LogP contribution is -1.94. The van der Waals surface area contributed by atoms with Crippen LogP contribution in [0.15, 0.2) is 12.3 Å². The van der Waals surface area contributed by atoms with Gasteiger partial charge in [-0.2, -0.15) is 0 Å². The molecule has 3 nitrogen and oxygen atoms in total. The van der Waals surface area contributed by atoms with Gasteiger partial charge in [0, 0.05) is 11.8 Å².